The number of amides is 1. The van der Waals surface area contributed by atoms with Crippen LogP contribution in [0.3, 0.4) is 0 Å². The van der Waals surface area contributed by atoms with E-state index in [1.165, 1.54) is 16.9 Å². The zero-order valence-electron chi connectivity index (χ0n) is 12.9. The third kappa shape index (κ3) is 4.13. The summed E-state index contributed by atoms with van der Waals surface area (Å²) in [5, 5.41) is 5.27. The third-order valence-corrected chi connectivity index (χ3v) is 4.34. The van der Waals surface area contributed by atoms with Crippen LogP contribution in [-0.2, 0) is 6.54 Å². The first-order valence-corrected chi connectivity index (χ1v) is 8.17. The lowest BCUT2D eigenvalue weighted by Gasteiger charge is -2.14. The summed E-state index contributed by atoms with van der Waals surface area (Å²) in [5.41, 5.74) is 14.3. The first kappa shape index (κ1) is 16.6. The monoisotopic (exact) mass is 318 g/mol. The van der Waals surface area contributed by atoms with Crippen LogP contribution in [0.5, 0.6) is 0 Å². The Morgan fingerprint density at radius 3 is 2.45 bits per heavy atom. The van der Waals surface area contributed by atoms with Crippen molar-refractivity contribution in [3.63, 3.8) is 0 Å². The number of hydrogen-bond donors (Lipinski definition) is 3. The lowest BCUT2D eigenvalue weighted by atomic mass is 9.99. The molecule has 1 heterocycles. The summed E-state index contributed by atoms with van der Waals surface area (Å²) < 4.78 is 0. The zero-order chi connectivity index (χ0) is 16.1. The molecule has 0 fully saturated rings. The minimum atomic E-state index is -0.238. The average molecular weight is 318 g/mol. The van der Waals surface area contributed by atoms with Crippen molar-refractivity contribution in [3.8, 4) is 0 Å². The van der Waals surface area contributed by atoms with Crippen LogP contribution in [0.1, 0.15) is 52.4 Å². The van der Waals surface area contributed by atoms with Crippen molar-refractivity contribution < 1.29 is 4.79 Å². The fourth-order valence-electron chi connectivity index (χ4n) is 2.05. The van der Waals surface area contributed by atoms with Gasteiger partial charge in [-0.2, -0.15) is 0 Å². The van der Waals surface area contributed by atoms with Gasteiger partial charge >= 0.3 is 0 Å². The second kappa shape index (κ2) is 7.49. The molecule has 6 heteroatoms. The second-order valence-electron chi connectivity index (χ2n) is 5.47. The van der Waals surface area contributed by atoms with Gasteiger partial charge in [-0.1, -0.05) is 38.1 Å². The van der Waals surface area contributed by atoms with Gasteiger partial charge in [-0.3, -0.25) is 4.79 Å². The summed E-state index contributed by atoms with van der Waals surface area (Å²) in [7, 11) is 0. The number of benzene rings is 1. The minimum Gasteiger partial charge on any atom is -0.349 e. The van der Waals surface area contributed by atoms with Crippen LogP contribution in [0, 0.1) is 0 Å². The number of carbonyl (C=O) groups is 1. The molecule has 1 atom stereocenters. The minimum absolute atomic E-state index is 0.217. The molecule has 0 aliphatic carbocycles. The lowest BCUT2D eigenvalue weighted by molar-refractivity contribution is 0.0946. The van der Waals surface area contributed by atoms with Crippen LogP contribution in [0.2, 0.25) is 0 Å². The van der Waals surface area contributed by atoms with Gasteiger partial charge in [0.1, 0.15) is 10.7 Å². The molecule has 5 nitrogen and oxygen atoms in total. The number of carbonyl (C=O) groups excluding carboxylic acids is 1. The van der Waals surface area contributed by atoms with Gasteiger partial charge in [0.15, 0.2) is 0 Å². The molecule has 118 valence electrons. The summed E-state index contributed by atoms with van der Waals surface area (Å²) in [6.45, 7) is 5.02. The van der Waals surface area contributed by atoms with Crippen LogP contribution in [0.15, 0.2) is 29.6 Å². The van der Waals surface area contributed by atoms with E-state index in [1.54, 1.807) is 5.38 Å². The Hall–Kier alpha value is -1.76. The average Bonchev–Trinajstić information content (AvgIpc) is 3.01. The first-order valence-electron chi connectivity index (χ1n) is 7.29. The maximum Gasteiger partial charge on any atom is 0.270 e. The maximum atomic E-state index is 12.0. The molecule has 0 spiro atoms. The molecule has 2 aromatic rings. The molecule has 0 aliphatic heterocycles. The van der Waals surface area contributed by atoms with Crippen LogP contribution >= 0.6 is 11.3 Å². The van der Waals surface area contributed by atoms with Crippen LogP contribution in [0.25, 0.3) is 0 Å². The highest BCUT2D eigenvalue weighted by atomic mass is 32.1. The largest absolute Gasteiger partial charge is 0.349 e. The quantitative estimate of drug-likeness (QED) is 0.760. The maximum absolute atomic E-state index is 12.0. The molecule has 0 radical (unpaired) electrons. The van der Waals surface area contributed by atoms with E-state index in [2.05, 4.69) is 36.3 Å². The van der Waals surface area contributed by atoms with E-state index < -0.39 is 0 Å². The van der Waals surface area contributed by atoms with Gasteiger partial charge in [0.2, 0.25) is 0 Å². The van der Waals surface area contributed by atoms with Crippen LogP contribution < -0.4 is 16.8 Å². The summed E-state index contributed by atoms with van der Waals surface area (Å²) in [6.07, 6.45) is 0. The SMILES string of the molecule is CC(C)c1ccc(C(N)CNC(=O)c2csc(CN)n2)cc1. The second-order valence-corrected chi connectivity index (χ2v) is 6.41. The van der Waals surface area contributed by atoms with Crippen molar-refractivity contribution >= 4 is 17.2 Å². The summed E-state index contributed by atoms with van der Waals surface area (Å²) in [4.78, 5) is 16.1. The van der Waals surface area contributed by atoms with Crippen molar-refractivity contribution in [1.29, 1.82) is 0 Å². The van der Waals surface area contributed by atoms with E-state index in [1.807, 2.05) is 12.1 Å². The van der Waals surface area contributed by atoms with E-state index in [0.29, 0.717) is 24.7 Å². The van der Waals surface area contributed by atoms with Crippen molar-refractivity contribution in [2.75, 3.05) is 6.54 Å². The lowest BCUT2D eigenvalue weighted by Crippen LogP contribution is -2.32. The molecule has 1 unspecified atom stereocenters. The van der Waals surface area contributed by atoms with Crippen LogP contribution in [0.4, 0.5) is 0 Å². The van der Waals surface area contributed by atoms with Gasteiger partial charge in [0.05, 0.1) is 0 Å². The Morgan fingerprint density at radius 1 is 1.27 bits per heavy atom. The van der Waals surface area contributed by atoms with E-state index in [9.17, 15) is 4.79 Å². The van der Waals surface area contributed by atoms with Gasteiger partial charge in [0, 0.05) is 24.5 Å². The van der Waals surface area contributed by atoms with Gasteiger partial charge in [-0.25, -0.2) is 4.98 Å². The molecule has 22 heavy (non-hydrogen) atoms. The molecule has 0 saturated heterocycles. The molecular formula is C16H22N4OS. The summed E-state index contributed by atoms with van der Waals surface area (Å²) >= 11 is 1.38. The highest BCUT2D eigenvalue weighted by Gasteiger charge is 2.12. The number of hydrogen-bond acceptors (Lipinski definition) is 5. The number of nitrogens with zero attached hydrogens (tertiary/aromatic N) is 1. The fourth-order valence-corrected chi connectivity index (χ4v) is 2.70. The number of rotatable bonds is 6. The van der Waals surface area contributed by atoms with Crippen molar-refractivity contribution in [2.24, 2.45) is 11.5 Å². The topological polar surface area (TPSA) is 94.0 Å². The molecule has 0 bridgehead atoms. The molecule has 5 N–H and O–H groups in total. The summed E-state index contributed by atoms with van der Waals surface area (Å²) in [6, 6.07) is 7.95. The molecule has 1 amide bonds. The highest BCUT2D eigenvalue weighted by Crippen LogP contribution is 2.17. The summed E-state index contributed by atoms with van der Waals surface area (Å²) in [5.74, 6) is 0.275. The Balaban J connectivity index is 1.91. The van der Waals surface area contributed by atoms with Gasteiger partial charge < -0.3 is 16.8 Å². The smallest absolute Gasteiger partial charge is 0.270 e. The molecule has 1 aromatic carbocycles. The number of nitrogens with one attached hydrogen (secondary N) is 1. The van der Waals surface area contributed by atoms with Crippen LogP contribution in [-0.4, -0.2) is 17.4 Å². The van der Waals surface area contributed by atoms with Gasteiger partial charge in [-0.15, -0.1) is 11.3 Å². The standard InChI is InChI=1S/C16H22N4OS/c1-10(2)11-3-5-12(6-4-11)13(18)8-19-16(21)14-9-22-15(7-17)20-14/h3-6,9-10,13H,7-8,17-18H2,1-2H3,(H,19,21). The molecule has 0 saturated carbocycles. The van der Waals surface area contributed by atoms with Crippen molar-refractivity contribution in [1.82, 2.24) is 10.3 Å². The highest BCUT2D eigenvalue weighted by molar-refractivity contribution is 7.09. The first-order chi connectivity index (χ1) is 10.5. The van der Waals surface area contributed by atoms with E-state index in [-0.39, 0.29) is 11.9 Å². The Kier molecular flexibility index (Phi) is 5.65. The predicted octanol–water partition coefficient (Wildman–Crippen LogP) is 2.16. The van der Waals surface area contributed by atoms with E-state index in [0.717, 1.165) is 10.6 Å². The number of nitrogens with two attached hydrogens (primary N) is 2. The predicted molar refractivity (Wildman–Crippen MR) is 89.8 cm³/mol. The van der Waals surface area contributed by atoms with Crippen molar-refractivity contribution in [2.45, 2.75) is 32.4 Å². The Bertz CT molecular complexity index is 621. The Morgan fingerprint density at radius 2 is 1.91 bits per heavy atom. The van der Waals surface area contributed by atoms with Gasteiger partial charge in [0.25, 0.3) is 5.91 Å². The van der Waals surface area contributed by atoms with E-state index >= 15 is 0 Å². The fraction of sp³-hybridized carbons (Fsp3) is 0.375. The number of thiazole rings is 1. The number of aromatic nitrogens is 1. The molecule has 2 rings (SSSR count). The molecular weight excluding hydrogens is 296 g/mol. The van der Waals surface area contributed by atoms with Gasteiger partial charge in [-0.05, 0) is 17.0 Å². The zero-order valence-corrected chi connectivity index (χ0v) is 13.7. The Labute approximate surface area is 134 Å². The third-order valence-electron chi connectivity index (χ3n) is 3.47. The van der Waals surface area contributed by atoms with E-state index in [4.69, 9.17) is 11.5 Å². The normalized spacial score (nSPS) is 12.4. The van der Waals surface area contributed by atoms with Crippen molar-refractivity contribution in [3.05, 3.63) is 51.5 Å². The molecule has 1 aromatic heterocycles. The molecule has 0 aliphatic rings.